The second-order valence-corrected chi connectivity index (χ2v) is 6.35. The van der Waals surface area contributed by atoms with Crippen LogP contribution in [0.3, 0.4) is 0 Å². The van der Waals surface area contributed by atoms with Crippen molar-refractivity contribution in [3.8, 4) is 0 Å². The molecule has 0 spiro atoms. The maximum Gasteiger partial charge on any atom is 0.213 e. The molecule has 1 N–H and O–H groups in total. The van der Waals surface area contributed by atoms with Gasteiger partial charge in [-0.05, 0) is 41.2 Å². The van der Waals surface area contributed by atoms with Crippen molar-refractivity contribution in [3.05, 3.63) is 65.2 Å². The van der Waals surface area contributed by atoms with Gasteiger partial charge in [-0.2, -0.15) is 4.39 Å². The van der Waals surface area contributed by atoms with Gasteiger partial charge in [0, 0.05) is 18.5 Å². The average Bonchev–Trinajstić information content (AvgIpc) is 2.45. The highest BCUT2D eigenvalue weighted by Gasteiger charge is 2.06. The molecule has 0 radical (unpaired) electrons. The predicted molar refractivity (Wildman–Crippen MR) is 88.5 cm³/mol. The molecular weight excluding hydrogens is 282 g/mol. The number of aromatic nitrogens is 1. The topological polar surface area (TPSA) is 24.9 Å². The minimum atomic E-state index is -0.437. The third-order valence-corrected chi connectivity index (χ3v) is 3.92. The summed E-state index contributed by atoms with van der Waals surface area (Å²) < 4.78 is 13.0. The molecule has 0 fully saturated rings. The lowest BCUT2D eigenvalue weighted by atomic mass is 10.0. The van der Waals surface area contributed by atoms with Crippen molar-refractivity contribution >= 4 is 9.24 Å². The Morgan fingerprint density at radius 2 is 1.86 bits per heavy atom. The van der Waals surface area contributed by atoms with Crippen LogP contribution in [0, 0.1) is 11.9 Å². The zero-order valence-electron chi connectivity index (χ0n) is 12.5. The van der Waals surface area contributed by atoms with Crippen LogP contribution in [0.4, 0.5) is 4.39 Å². The number of nitrogens with zero attached hydrogens (tertiary/aromatic N) is 1. The maximum atomic E-state index is 13.0. The molecule has 2 nitrogen and oxygen atoms in total. The van der Waals surface area contributed by atoms with Gasteiger partial charge < -0.3 is 5.32 Å². The third-order valence-electron chi connectivity index (χ3n) is 3.30. The van der Waals surface area contributed by atoms with E-state index in [1.165, 1.54) is 23.4 Å². The van der Waals surface area contributed by atoms with Gasteiger partial charge in [0.2, 0.25) is 5.95 Å². The average molecular weight is 304 g/mol. The second-order valence-electron chi connectivity index (χ2n) is 5.68. The number of rotatable bonds is 6. The van der Waals surface area contributed by atoms with E-state index in [4.69, 9.17) is 0 Å². The molecule has 2 atom stereocenters. The standard InChI is InChI=1S/C17H22FN2P/c1-12(2)9-13-3-5-15(6-4-13)17(21)20-11-14-7-8-19-16(18)10-14/h3-8,10,12,17,20H,9,11,21H2,1-2H3. The van der Waals surface area contributed by atoms with Crippen LogP contribution in [0.25, 0.3) is 0 Å². The lowest BCUT2D eigenvalue weighted by molar-refractivity contribution is 0.577. The summed E-state index contributed by atoms with van der Waals surface area (Å²) >= 11 is 0. The Kier molecular flexibility index (Phi) is 5.84. The fourth-order valence-electron chi connectivity index (χ4n) is 2.23. The van der Waals surface area contributed by atoms with E-state index < -0.39 is 5.95 Å². The molecule has 21 heavy (non-hydrogen) atoms. The number of hydrogen-bond donors (Lipinski definition) is 1. The first kappa shape index (κ1) is 16.1. The first-order valence-electron chi connectivity index (χ1n) is 7.23. The van der Waals surface area contributed by atoms with Gasteiger partial charge in [-0.1, -0.05) is 38.1 Å². The van der Waals surface area contributed by atoms with E-state index in [0.29, 0.717) is 12.5 Å². The normalized spacial score (nSPS) is 12.6. The number of halogens is 1. The maximum absolute atomic E-state index is 13.0. The number of nitrogens with one attached hydrogen (secondary N) is 1. The smallest absolute Gasteiger partial charge is 0.213 e. The Morgan fingerprint density at radius 1 is 1.14 bits per heavy atom. The molecule has 0 saturated heterocycles. The molecule has 2 aromatic rings. The molecular formula is C17H22FN2P. The first-order valence-corrected chi connectivity index (χ1v) is 7.89. The summed E-state index contributed by atoms with van der Waals surface area (Å²) in [6.45, 7) is 5.06. The lowest BCUT2D eigenvalue weighted by Crippen LogP contribution is -2.16. The Morgan fingerprint density at radius 3 is 2.48 bits per heavy atom. The van der Waals surface area contributed by atoms with Crippen molar-refractivity contribution in [2.45, 2.75) is 32.6 Å². The summed E-state index contributed by atoms with van der Waals surface area (Å²) in [5, 5.41) is 3.37. The molecule has 4 heteroatoms. The molecule has 2 unspecified atom stereocenters. The second kappa shape index (κ2) is 7.63. The Hall–Kier alpha value is -1.31. The molecule has 0 bridgehead atoms. The van der Waals surface area contributed by atoms with Gasteiger partial charge in [0.05, 0.1) is 0 Å². The van der Waals surface area contributed by atoms with Gasteiger partial charge in [0.1, 0.15) is 0 Å². The van der Waals surface area contributed by atoms with Crippen molar-refractivity contribution < 1.29 is 4.39 Å². The highest BCUT2D eigenvalue weighted by Crippen LogP contribution is 2.21. The monoisotopic (exact) mass is 304 g/mol. The van der Waals surface area contributed by atoms with Gasteiger partial charge in [-0.25, -0.2) is 4.98 Å². The fraction of sp³-hybridized carbons (Fsp3) is 0.353. The predicted octanol–water partition coefficient (Wildman–Crippen LogP) is 4.08. The SMILES string of the molecule is CC(C)Cc1ccc(C(P)NCc2ccnc(F)c2)cc1. The van der Waals surface area contributed by atoms with Crippen molar-refractivity contribution in [3.63, 3.8) is 0 Å². The number of pyridine rings is 1. The van der Waals surface area contributed by atoms with Gasteiger partial charge in [-0.3, -0.25) is 0 Å². The summed E-state index contributed by atoms with van der Waals surface area (Å²) in [5.41, 5.74) is 3.47. The van der Waals surface area contributed by atoms with E-state index in [-0.39, 0.29) is 5.78 Å². The Bertz CT molecular complexity index is 569. The molecule has 112 valence electrons. The summed E-state index contributed by atoms with van der Waals surface area (Å²) in [6.07, 6.45) is 2.59. The summed E-state index contributed by atoms with van der Waals surface area (Å²) in [6, 6.07) is 11.9. The molecule has 1 aromatic carbocycles. The Balaban J connectivity index is 1.92. The minimum absolute atomic E-state index is 0.148. The molecule has 0 aliphatic heterocycles. The van der Waals surface area contributed by atoms with E-state index in [1.54, 1.807) is 0 Å². The molecule has 0 saturated carbocycles. The van der Waals surface area contributed by atoms with Crippen LogP contribution < -0.4 is 5.32 Å². The zero-order chi connectivity index (χ0) is 15.2. The van der Waals surface area contributed by atoms with Crippen LogP contribution in [0.5, 0.6) is 0 Å². The van der Waals surface area contributed by atoms with Gasteiger partial charge in [-0.15, -0.1) is 9.24 Å². The molecule has 0 amide bonds. The van der Waals surface area contributed by atoms with Crippen LogP contribution in [-0.2, 0) is 13.0 Å². The van der Waals surface area contributed by atoms with Gasteiger partial charge in [0.25, 0.3) is 0 Å². The molecule has 0 aliphatic rings. The van der Waals surface area contributed by atoms with Crippen molar-refractivity contribution in [1.82, 2.24) is 10.3 Å². The van der Waals surface area contributed by atoms with Crippen LogP contribution in [0.15, 0.2) is 42.6 Å². The van der Waals surface area contributed by atoms with Gasteiger partial charge >= 0.3 is 0 Å². The van der Waals surface area contributed by atoms with Crippen LogP contribution >= 0.6 is 9.24 Å². The summed E-state index contributed by atoms with van der Waals surface area (Å²) in [7, 11) is 2.79. The fourth-order valence-corrected chi connectivity index (χ4v) is 2.57. The van der Waals surface area contributed by atoms with Crippen LogP contribution in [0.2, 0.25) is 0 Å². The summed E-state index contributed by atoms with van der Waals surface area (Å²) in [4.78, 5) is 3.56. The summed E-state index contributed by atoms with van der Waals surface area (Å²) in [5.74, 6) is 0.379. The quantitative estimate of drug-likeness (QED) is 0.642. The van der Waals surface area contributed by atoms with E-state index in [2.05, 4.69) is 57.7 Å². The molecule has 0 aliphatic carbocycles. The van der Waals surface area contributed by atoms with Crippen molar-refractivity contribution in [2.24, 2.45) is 5.92 Å². The first-order chi connectivity index (χ1) is 10.0. The van der Waals surface area contributed by atoms with E-state index in [1.807, 2.05) is 6.07 Å². The lowest BCUT2D eigenvalue weighted by Gasteiger charge is -2.15. The van der Waals surface area contributed by atoms with Crippen molar-refractivity contribution in [1.29, 1.82) is 0 Å². The minimum Gasteiger partial charge on any atom is -0.303 e. The van der Waals surface area contributed by atoms with E-state index >= 15 is 0 Å². The van der Waals surface area contributed by atoms with Gasteiger partial charge in [0.15, 0.2) is 0 Å². The van der Waals surface area contributed by atoms with E-state index in [0.717, 1.165) is 12.0 Å². The highest BCUT2D eigenvalue weighted by atomic mass is 31.0. The van der Waals surface area contributed by atoms with Crippen molar-refractivity contribution in [2.75, 3.05) is 0 Å². The Labute approximate surface area is 128 Å². The highest BCUT2D eigenvalue weighted by molar-refractivity contribution is 7.17. The van der Waals surface area contributed by atoms with Crippen LogP contribution in [0.1, 0.15) is 36.3 Å². The zero-order valence-corrected chi connectivity index (χ0v) is 13.7. The van der Waals surface area contributed by atoms with E-state index in [9.17, 15) is 4.39 Å². The number of hydrogen-bond acceptors (Lipinski definition) is 2. The largest absolute Gasteiger partial charge is 0.303 e. The van der Waals surface area contributed by atoms with Crippen LogP contribution in [-0.4, -0.2) is 4.98 Å². The molecule has 1 aromatic heterocycles. The number of benzene rings is 1. The molecule has 1 heterocycles. The molecule has 2 rings (SSSR count). The third kappa shape index (κ3) is 5.18.